The zero-order valence-electron chi connectivity index (χ0n) is 13.3. The van der Waals surface area contributed by atoms with Crippen molar-refractivity contribution in [3.8, 4) is 0 Å². The number of aliphatic hydroxyl groups excluding tert-OH is 1. The van der Waals surface area contributed by atoms with Crippen LogP contribution in [0, 0.1) is 5.92 Å². The number of anilines is 1. The van der Waals surface area contributed by atoms with Crippen LogP contribution in [0.5, 0.6) is 0 Å². The van der Waals surface area contributed by atoms with Crippen LogP contribution in [-0.2, 0) is 10.9 Å². The zero-order chi connectivity index (χ0) is 17.6. The molecule has 134 valence electrons. The predicted molar refractivity (Wildman–Crippen MR) is 83.9 cm³/mol. The van der Waals surface area contributed by atoms with Gasteiger partial charge >= 0.3 is 6.18 Å². The van der Waals surface area contributed by atoms with Gasteiger partial charge in [0.05, 0.1) is 36.7 Å². The summed E-state index contributed by atoms with van der Waals surface area (Å²) >= 11 is 0. The predicted octanol–water partition coefficient (Wildman–Crippen LogP) is 4.29. The van der Waals surface area contributed by atoms with Gasteiger partial charge in [-0.05, 0) is 43.2 Å². The Balaban J connectivity index is 1.77. The van der Waals surface area contributed by atoms with Gasteiger partial charge in [0, 0.05) is 17.2 Å². The largest absolute Gasteiger partial charge is 0.467 e. The monoisotopic (exact) mass is 353 g/mol. The van der Waals surface area contributed by atoms with Crippen LogP contribution >= 0.6 is 0 Å². The molecule has 0 spiro atoms. The lowest BCUT2D eigenvalue weighted by atomic mass is 9.77. The molecule has 2 aromatic rings. The van der Waals surface area contributed by atoms with Crippen LogP contribution in [-0.4, -0.2) is 17.8 Å². The van der Waals surface area contributed by atoms with E-state index in [4.69, 9.17) is 9.15 Å². The van der Waals surface area contributed by atoms with Gasteiger partial charge in [-0.15, -0.1) is 0 Å². The van der Waals surface area contributed by atoms with E-state index in [1.165, 1.54) is 6.07 Å². The molecule has 1 saturated heterocycles. The molecule has 0 unspecified atom stereocenters. The van der Waals surface area contributed by atoms with Crippen LogP contribution in [0.3, 0.4) is 0 Å². The van der Waals surface area contributed by atoms with E-state index >= 15 is 0 Å². The van der Waals surface area contributed by atoms with E-state index in [-0.39, 0.29) is 24.7 Å². The number of rotatable bonds is 2. The van der Waals surface area contributed by atoms with Crippen LogP contribution in [0.1, 0.15) is 41.9 Å². The van der Waals surface area contributed by atoms with E-state index in [1.54, 1.807) is 12.3 Å². The summed E-state index contributed by atoms with van der Waals surface area (Å²) in [6, 6.07) is 7.12. The van der Waals surface area contributed by atoms with Crippen LogP contribution in [0.15, 0.2) is 41.0 Å². The third-order valence-electron chi connectivity index (χ3n) is 5.03. The average molecular weight is 353 g/mol. The Morgan fingerprint density at radius 3 is 2.72 bits per heavy atom. The van der Waals surface area contributed by atoms with Crippen LogP contribution in [0.2, 0.25) is 0 Å². The number of hydrogen-bond acceptors (Lipinski definition) is 4. The minimum absolute atomic E-state index is 0.0649. The van der Waals surface area contributed by atoms with E-state index in [1.807, 2.05) is 6.07 Å². The van der Waals surface area contributed by atoms with Gasteiger partial charge in [-0.3, -0.25) is 0 Å². The molecule has 3 heterocycles. The molecule has 1 aromatic carbocycles. The second kappa shape index (κ2) is 6.07. The van der Waals surface area contributed by atoms with E-state index < -0.39 is 17.8 Å². The summed E-state index contributed by atoms with van der Waals surface area (Å²) < 4.78 is 50.8. The highest BCUT2D eigenvalue weighted by Crippen LogP contribution is 2.51. The molecule has 0 bridgehead atoms. The fraction of sp³-hybridized carbons (Fsp3) is 0.444. The van der Waals surface area contributed by atoms with Crippen molar-refractivity contribution in [3.05, 3.63) is 53.5 Å². The second-order valence-electron chi connectivity index (χ2n) is 6.54. The third kappa shape index (κ3) is 2.91. The molecule has 0 radical (unpaired) electrons. The number of aliphatic hydroxyl groups is 1. The fourth-order valence-electron chi connectivity index (χ4n) is 3.82. The van der Waals surface area contributed by atoms with Crippen LogP contribution in [0.25, 0.3) is 0 Å². The van der Waals surface area contributed by atoms with Crippen molar-refractivity contribution in [1.29, 1.82) is 0 Å². The van der Waals surface area contributed by atoms with Crippen molar-refractivity contribution in [2.75, 3.05) is 11.9 Å². The van der Waals surface area contributed by atoms with Gasteiger partial charge in [0.25, 0.3) is 0 Å². The van der Waals surface area contributed by atoms with Crippen molar-refractivity contribution >= 4 is 5.69 Å². The lowest BCUT2D eigenvalue weighted by Crippen LogP contribution is -2.40. The quantitative estimate of drug-likeness (QED) is 0.846. The maximum absolute atomic E-state index is 13.1. The Bertz CT molecular complexity index is 745. The average Bonchev–Trinajstić information content (AvgIpc) is 3.13. The highest BCUT2D eigenvalue weighted by Gasteiger charge is 2.44. The molecule has 2 N–H and O–H groups in total. The van der Waals surface area contributed by atoms with Crippen LogP contribution < -0.4 is 5.32 Å². The Morgan fingerprint density at radius 1 is 1.20 bits per heavy atom. The number of alkyl halides is 3. The SMILES string of the molecule is OC[C@H]1CC[C@@H]2[C@H](O1)c1cc(C(F)(F)F)ccc1N[C@H]2c1ccco1. The topological polar surface area (TPSA) is 54.6 Å². The van der Waals surface area contributed by atoms with E-state index in [2.05, 4.69) is 5.32 Å². The van der Waals surface area contributed by atoms with Gasteiger partial charge in [0.2, 0.25) is 0 Å². The number of fused-ring (bicyclic) bond motifs is 3. The first-order chi connectivity index (χ1) is 12.0. The molecule has 0 saturated carbocycles. The van der Waals surface area contributed by atoms with Crippen molar-refractivity contribution in [1.82, 2.24) is 0 Å². The highest BCUT2D eigenvalue weighted by atomic mass is 19.4. The molecule has 4 nitrogen and oxygen atoms in total. The van der Waals surface area contributed by atoms with Gasteiger partial charge in [-0.2, -0.15) is 13.2 Å². The van der Waals surface area contributed by atoms with Gasteiger partial charge in [0.1, 0.15) is 5.76 Å². The molecule has 2 aliphatic rings. The summed E-state index contributed by atoms with van der Waals surface area (Å²) in [6.07, 6.45) is -2.32. The van der Waals surface area contributed by atoms with Gasteiger partial charge in [-0.25, -0.2) is 0 Å². The maximum Gasteiger partial charge on any atom is 0.416 e. The first-order valence-electron chi connectivity index (χ1n) is 8.25. The number of furan rings is 1. The molecule has 2 aliphatic heterocycles. The molecular formula is C18H18F3NO3. The summed E-state index contributed by atoms with van der Waals surface area (Å²) in [4.78, 5) is 0. The molecule has 25 heavy (non-hydrogen) atoms. The number of hydrogen-bond donors (Lipinski definition) is 2. The third-order valence-corrected chi connectivity index (χ3v) is 5.03. The lowest BCUT2D eigenvalue weighted by molar-refractivity contribution is -0.138. The normalized spacial score (nSPS) is 28.8. The first-order valence-corrected chi connectivity index (χ1v) is 8.25. The van der Waals surface area contributed by atoms with Crippen molar-refractivity contribution in [2.24, 2.45) is 5.92 Å². The number of ether oxygens (including phenoxy) is 1. The summed E-state index contributed by atoms with van der Waals surface area (Å²) in [5.74, 6) is 0.663. The summed E-state index contributed by atoms with van der Waals surface area (Å²) in [5.41, 5.74) is 0.396. The molecular weight excluding hydrogens is 335 g/mol. The van der Waals surface area contributed by atoms with Gasteiger partial charge < -0.3 is 19.6 Å². The molecule has 1 aromatic heterocycles. The Hall–Kier alpha value is -1.99. The minimum atomic E-state index is -4.41. The van der Waals surface area contributed by atoms with Crippen molar-refractivity contribution in [2.45, 2.75) is 37.3 Å². The summed E-state index contributed by atoms with van der Waals surface area (Å²) in [6.45, 7) is -0.142. The highest BCUT2D eigenvalue weighted by molar-refractivity contribution is 5.58. The summed E-state index contributed by atoms with van der Waals surface area (Å²) in [7, 11) is 0. The fourth-order valence-corrected chi connectivity index (χ4v) is 3.82. The number of benzene rings is 1. The molecule has 4 atom stereocenters. The standard InChI is InChI=1S/C18H18F3NO3/c19-18(20,21)10-3-6-14-13(8-10)17-12(5-4-11(9-23)25-17)16(22-14)15-2-1-7-24-15/h1-3,6-8,11-12,16-17,22-23H,4-5,9H2/t11-,12+,16-,17+/m1/s1. The Kier molecular flexibility index (Phi) is 4.00. The Morgan fingerprint density at radius 2 is 2.04 bits per heavy atom. The van der Waals surface area contributed by atoms with Crippen molar-refractivity contribution < 1.29 is 27.4 Å². The van der Waals surface area contributed by atoms with Crippen LogP contribution in [0.4, 0.5) is 18.9 Å². The maximum atomic E-state index is 13.1. The molecule has 0 aliphatic carbocycles. The molecule has 4 rings (SSSR count). The molecule has 0 amide bonds. The number of halogens is 3. The smallest absolute Gasteiger partial charge is 0.416 e. The van der Waals surface area contributed by atoms with Crippen molar-refractivity contribution in [3.63, 3.8) is 0 Å². The zero-order valence-corrected chi connectivity index (χ0v) is 13.3. The van der Waals surface area contributed by atoms with Gasteiger partial charge in [0.15, 0.2) is 0 Å². The number of nitrogens with one attached hydrogen (secondary N) is 1. The minimum Gasteiger partial charge on any atom is -0.467 e. The first kappa shape index (κ1) is 16.5. The van der Waals surface area contributed by atoms with Gasteiger partial charge in [-0.1, -0.05) is 0 Å². The van der Waals surface area contributed by atoms with E-state index in [9.17, 15) is 18.3 Å². The second-order valence-corrected chi connectivity index (χ2v) is 6.54. The lowest BCUT2D eigenvalue weighted by Gasteiger charge is -2.44. The molecule has 1 fully saturated rings. The van der Waals surface area contributed by atoms with E-state index in [0.717, 1.165) is 24.3 Å². The summed E-state index contributed by atoms with van der Waals surface area (Å²) in [5, 5.41) is 12.7. The molecule has 7 heteroatoms. The Labute approximate surface area is 142 Å². The van der Waals surface area contributed by atoms with E-state index in [0.29, 0.717) is 17.7 Å².